The molecule has 0 bridgehead atoms. The van der Waals surface area contributed by atoms with E-state index in [4.69, 9.17) is 9.72 Å². The van der Waals surface area contributed by atoms with Crippen LogP contribution in [-0.2, 0) is 11.3 Å². The second kappa shape index (κ2) is 9.38. The molecule has 0 aromatic carbocycles. The Labute approximate surface area is 133 Å². The summed E-state index contributed by atoms with van der Waals surface area (Å²) in [7, 11) is 3.86. The van der Waals surface area contributed by atoms with E-state index in [1.54, 1.807) is 7.11 Å². The number of nitrogens with zero attached hydrogens (tertiary/aromatic N) is 2. The summed E-state index contributed by atoms with van der Waals surface area (Å²) in [6.07, 6.45) is 1.03. The van der Waals surface area contributed by atoms with Crippen LogP contribution >= 0.6 is 11.3 Å². The third-order valence-corrected chi connectivity index (χ3v) is 4.46. The Bertz CT molecular complexity index is 404. The predicted molar refractivity (Wildman–Crippen MR) is 92.5 cm³/mol. The number of nitrogens with one attached hydrogen (secondary N) is 1. The molecular formula is C16H31N3OS. The molecule has 0 aliphatic heterocycles. The van der Waals surface area contributed by atoms with Crippen LogP contribution in [0.1, 0.15) is 50.6 Å². The third-order valence-electron chi connectivity index (χ3n) is 3.27. The lowest BCUT2D eigenvalue weighted by Crippen LogP contribution is -2.19. The lowest BCUT2D eigenvalue weighted by atomic mass is 10.1. The van der Waals surface area contributed by atoms with E-state index in [-0.39, 0.29) is 0 Å². The maximum absolute atomic E-state index is 5.12. The molecule has 1 heterocycles. The molecule has 0 saturated carbocycles. The van der Waals surface area contributed by atoms with Crippen molar-refractivity contribution in [2.45, 2.75) is 46.6 Å². The van der Waals surface area contributed by atoms with E-state index in [2.05, 4.69) is 45.0 Å². The number of thiazole rings is 1. The van der Waals surface area contributed by atoms with Gasteiger partial charge in [-0.15, -0.1) is 11.3 Å². The second-order valence-corrected chi connectivity index (χ2v) is 7.31. The van der Waals surface area contributed by atoms with Gasteiger partial charge in [-0.25, -0.2) is 4.98 Å². The van der Waals surface area contributed by atoms with Crippen LogP contribution in [0.2, 0.25) is 0 Å². The minimum absolute atomic E-state index is 0.471. The largest absolute Gasteiger partial charge is 0.385 e. The van der Waals surface area contributed by atoms with Gasteiger partial charge < -0.3 is 15.0 Å². The summed E-state index contributed by atoms with van der Waals surface area (Å²) in [5.41, 5.74) is 1.24. The van der Waals surface area contributed by atoms with Gasteiger partial charge in [-0.2, -0.15) is 0 Å². The molecule has 122 valence electrons. The van der Waals surface area contributed by atoms with E-state index < -0.39 is 0 Å². The summed E-state index contributed by atoms with van der Waals surface area (Å²) in [5.74, 6) is 1.15. The highest BCUT2D eigenvalue weighted by atomic mass is 32.1. The highest BCUT2D eigenvalue weighted by Gasteiger charge is 2.16. The zero-order chi connectivity index (χ0) is 15.8. The number of hydrogen-bond donors (Lipinski definition) is 1. The van der Waals surface area contributed by atoms with Crippen LogP contribution in [0.4, 0.5) is 5.13 Å². The molecule has 0 aliphatic carbocycles. The minimum Gasteiger partial charge on any atom is -0.385 e. The summed E-state index contributed by atoms with van der Waals surface area (Å²) in [4.78, 5) is 8.46. The molecule has 1 rings (SSSR count). The first-order valence-corrected chi connectivity index (χ1v) is 8.67. The molecule has 0 aliphatic rings. The van der Waals surface area contributed by atoms with Gasteiger partial charge in [-0.05, 0) is 24.8 Å². The maximum Gasteiger partial charge on any atom is 0.185 e. The molecule has 1 N–H and O–H groups in total. The lowest BCUT2D eigenvalue weighted by Gasteiger charge is -2.15. The van der Waals surface area contributed by atoms with E-state index in [0.717, 1.165) is 37.8 Å². The lowest BCUT2D eigenvalue weighted by molar-refractivity contribution is 0.196. The summed E-state index contributed by atoms with van der Waals surface area (Å²) < 4.78 is 5.12. The van der Waals surface area contributed by atoms with Crippen molar-refractivity contribution >= 4 is 16.5 Å². The van der Waals surface area contributed by atoms with Gasteiger partial charge in [0.2, 0.25) is 0 Å². The Hall–Kier alpha value is -0.650. The first-order chi connectivity index (χ1) is 9.95. The van der Waals surface area contributed by atoms with Gasteiger partial charge in [0.1, 0.15) is 0 Å². The van der Waals surface area contributed by atoms with Crippen LogP contribution in [-0.4, -0.2) is 38.8 Å². The number of ether oxygens (including phenoxy) is 1. The summed E-state index contributed by atoms with van der Waals surface area (Å²) >= 11 is 1.82. The molecule has 4 nitrogen and oxygen atoms in total. The predicted octanol–water partition coefficient (Wildman–Crippen LogP) is 3.48. The van der Waals surface area contributed by atoms with Crippen LogP contribution in [0.25, 0.3) is 0 Å². The Morgan fingerprint density at radius 1 is 1.29 bits per heavy atom. The van der Waals surface area contributed by atoms with Gasteiger partial charge in [0, 0.05) is 38.7 Å². The average Bonchev–Trinajstić information content (AvgIpc) is 2.83. The van der Waals surface area contributed by atoms with Crippen LogP contribution in [0.3, 0.4) is 0 Å². The molecule has 0 spiro atoms. The molecule has 1 aromatic heterocycles. The highest BCUT2D eigenvalue weighted by molar-refractivity contribution is 7.15. The van der Waals surface area contributed by atoms with Crippen molar-refractivity contribution in [1.82, 2.24) is 10.3 Å². The van der Waals surface area contributed by atoms with Gasteiger partial charge >= 0.3 is 0 Å². The number of rotatable bonds is 10. The Morgan fingerprint density at radius 3 is 2.57 bits per heavy atom. The Kier molecular flexibility index (Phi) is 8.22. The van der Waals surface area contributed by atoms with Gasteiger partial charge in [0.15, 0.2) is 5.13 Å². The molecule has 0 atom stereocenters. The molecule has 1 aromatic rings. The van der Waals surface area contributed by atoms with Gasteiger partial charge in [0.25, 0.3) is 0 Å². The smallest absolute Gasteiger partial charge is 0.185 e. The topological polar surface area (TPSA) is 37.4 Å². The fourth-order valence-corrected chi connectivity index (χ4v) is 3.28. The first kappa shape index (κ1) is 18.4. The van der Waals surface area contributed by atoms with Crippen molar-refractivity contribution in [1.29, 1.82) is 0 Å². The summed E-state index contributed by atoms with van der Waals surface area (Å²) in [6, 6.07) is 0. The number of anilines is 1. The fraction of sp³-hybridized carbons (Fsp3) is 0.812. The molecule has 0 fully saturated rings. The Morgan fingerprint density at radius 2 is 2.00 bits per heavy atom. The normalized spacial score (nSPS) is 11.6. The van der Waals surface area contributed by atoms with Gasteiger partial charge in [0.05, 0.1) is 5.69 Å². The van der Waals surface area contributed by atoms with Crippen molar-refractivity contribution in [2.75, 3.05) is 38.8 Å². The Balaban J connectivity index is 2.69. The first-order valence-electron chi connectivity index (χ1n) is 7.86. The molecule has 0 radical (unpaired) electrons. The third kappa shape index (κ3) is 6.32. The fourth-order valence-electron chi connectivity index (χ4n) is 2.11. The van der Waals surface area contributed by atoms with Crippen LogP contribution < -0.4 is 10.2 Å². The van der Waals surface area contributed by atoms with Crippen molar-refractivity contribution in [3.63, 3.8) is 0 Å². The molecule has 21 heavy (non-hydrogen) atoms. The molecule has 0 saturated heterocycles. The zero-order valence-electron chi connectivity index (χ0n) is 14.4. The van der Waals surface area contributed by atoms with Crippen molar-refractivity contribution < 1.29 is 4.74 Å². The average molecular weight is 314 g/mol. The number of hydrogen-bond acceptors (Lipinski definition) is 5. The van der Waals surface area contributed by atoms with Crippen LogP contribution in [0, 0.1) is 5.92 Å². The quantitative estimate of drug-likeness (QED) is 0.671. The molecular weight excluding hydrogens is 282 g/mol. The van der Waals surface area contributed by atoms with Crippen LogP contribution in [0.15, 0.2) is 0 Å². The second-order valence-electron chi connectivity index (χ2n) is 6.25. The standard InChI is InChI=1S/C16H31N3OS/c1-12(2)10-17-11-14-15(13(3)4)18-16(21-14)19(5)8-7-9-20-6/h12-13,17H,7-11H2,1-6H3. The summed E-state index contributed by atoms with van der Waals surface area (Å²) in [6.45, 7) is 12.7. The van der Waals surface area contributed by atoms with Crippen molar-refractivity contribution in [3.05, 3.63) is 10.6 Å². The molecule has 0 unspecified atom stereocenters. The van der Waals surface area contributed by atoms with E-state index in [9.17, 15) is 0 Å². The SMILES string of the molecule is COCCCN(C)c1nc(C(C)C)c(CNCC(C)C)s1. The monoisotopic (exact) mass is 313 g/mol. The number of aromatic nitrogens is 1. The van der Waals surface area contributed by atoms with Crippen molar-refractivity contribution in [3.8, 4) is 0 Å². The number of methoxy groups -OCH3 is 1. The van der Waals surface area contributed by atoms with Crippen LogP contribution in [0.5, 0.6) is 0 Å². The van der Waals surface area contributed by atoms with E-state index in [1.807, 2.05) is 11.3 Å². The van der Waals surface area contributed by atoms with E-state index >= 15 is 0 Å². The van der Waals surface area contributed by atoms with Gasteiger partial charge in [-0.1, -0.05) is 27.7 Å². The molecule has 0 amide bonds. The minimum atomic E-state index is 0.471. The summed E-state index contributed by atoms with van der Waals surface area (Å²) in [5, 5.41) is 4.65. The maximum atomic E-state index is 5.12. The van der Waals surface area contributed by atoms with Crippen molar-refractivity contribution in [2.24, 2.45) is 5.92 Å². The zero-order valence-corrected chi connectivity index (χ0v) is 15.2. The van der Waals surface area contributed by atoms with Gasteiger partial charge in [-0.3, -0.25) is 0 Å². The highest BCUT2D eigenvalue weighted by Crippen LogP contribution is 2.30. The van der Waals surface area contributed by atoms with E-state index in [1.165, 1.54) is 10.6 Å². The van der Waals surface area contributed by atoms with E-state index in [0.29, 0.717) is 11.8 Å². The molecule has 5 heteroatoms.